The fourth-order valence-electron chi connectivity index (χ4n) is 3.00. The molecule has 0 aromatic heterocycles. The topological polar surface area (TPSA) is 29.5 Å². The molecule has 2 aromatic rings. The summed E-state index contributed by atoms with van der Waals surface area (Å²) in [5, 5.41) is 0. The molecule has 1 saturated heterocycles. The van der Waals surface area contributed by atoms with Crippen LogP contribution in [-0.4, -0.2) is 23.1 Å². The lowest BCUT2D eigenvalue weighted by atomic mass is 9.81. The number of nitrogens with zero attached hydrogens (tertiary/aromatic N) is 1. The lowest BCUT2D eigenvalue weighted by Crippen LogP contribution is -2.50. The maximum atomic E-state index is 12.3. The zero-order valence-electron chi connectivity index (χ0n) is 14.0. The molecule has 1 atom stereocenters. The van der Waals surface area contributed by atoms with Gasteiger partial charge in [-0.3, -0.25) is 0 Å². The molecule has 0 radical (unpaired) electrons. The average Bonchev–Trinajstić information content (AvgIpc) is 2.92. The van der Waals surface area contributed by atoms with Crippen LogP contribution in [0.1, 0.15) is 25.0 Å². The molecule has 2 aromatic carbocycles. The Morgan fingerprint density at radius 3 is 2.33 bits per heavy atom. The number of benzene rings is 2. The summed E-state index contributed by atoms with van der Waals surface area (Å²) in [5.41, 5.74) is 1.62. The van der Waals surface area contributed by atoms with Gasteiger partial charge in [0.1, 0.15) is 12.1 Å². The van der Waals surface area contributed by atoms with Crippen LogP contribution in [0, 0.1) is 17.9 Å². The van der Waals surface area contributed by atoms with Gasteiger partial charge < -0.3 is 4.74 Å². The minimum atomic E-state index is -0.444. The number of carbonyl (C=O) groups excluding carboxylic acids is 1. The summed E-state index contributed by atoms with van der Waals surface area (Å²) in [7, 11) is 0. The molecule has 0 bridgehead atoms. The molecule has 0 saturated carbocycles. The normalized spacial score (nSPS) is 19.8. The van der Waals surface area contributed by atoms with Gasteiger partial charge in [-0.1, -0.05) is 62.4 Å². The van der Waals surface area contributed by atoms with E-state index in [-0.39, 0.29) is 12.0 Å². The van der Waals surface area contributed by atoms with Gasteiger partial charge in [0.15, 0.2) is 0 Å². The first-order chi connectivity index (χ1) is 11.6. The van der Waals surface area contributed by atoms with Crippen molar-refractivity contribution < 1.29 is 9.53 Å². The van der Waals surface area contributed by atoms with Gasteiger partial charge in [0, 0.05) is 18.0 Å². The van der Waals surface area contributed by atoms with E-state index < -0.39 is 5.54 Å². The standard InChI is InChI=1S/C21H21NO2/c1-17(2)21(15-19-11-7-4-8-12-19)16-24-20(23)22(21)14-13-18-9-5-3-6-10-18/h3-12,17H,15-16H2,1-2H3/t21-/m1/s1. The molecule has 3 heteroatoms. The monoisotopic (exact) mass is 319 g/mol. The fraction of sp³-hybridized carbons (Fsp3) is 0.286. The van der Waals surface area contributed by atoms with Gasteiger partial charge in [-0.05, 0) is 29.5 Å². The number of amides is 1. The summed E-state index contributed by atoms with van der Waals surface area (Å²) in [6.45, 7) is 4.59. The predicted octanol–water partition coefficient (Wildman–Crippen LogP) is 4.09. The Hall–Kier alpha value is -2.73. The quantitative estimate of drug-likeness (QED) is 0.798. The third kappa shape index (κ3) is 3.14. The summed E-state index contributed by atoms with van der Waals surface area (Å²) >= 11 is 0. The van der Waals surface area contributed by atoms with Crippen LogP contribution in [0.5, 0.6) is 0 Å². The average molecular weight is 319 g/mol. The van der Waals surface area contributed by atoms with Gasteiger partial charge in [0.05, 0.1) is 0 Å². The van der Waals surface area contributed by atoms with Crippen LogP contribution in [0.15, 0.2) is 60.7 Å². The second-order valence-corrected chi connectivity index (χ2v) is 6.41. The molecule has 1 heterocycles. The van der Waals surface area contributed by atoms with E-state index in [2.05, 4.69) is 37.9 Å². The number of hydrogen-bond donors (Lipinski definition) is 0. The Labute approximate surface area is 143 Å². The molecule has 0 aliphatic carbocycles. The number of ether oxygens (including phenoxy) is 1. The van der Waals surface area contributed by atoms with Crippen LogP contribution < -0.4 is 0 Å². The molecule has 3 nitrogen and oxygen atoms in total. The van der Waals surface area contributed by atoms with Crippen LogP contribution in [0.25, 0.3) is 0 Å². The maximum absolute atomic E-state index is 12.3. The first kappa shape index (κ1) is 16.1. The van der Waals surface area contributed by atoms with Crippen molar-refractivity contribution in [3.63, 3.8) is 0 Å². The second-order valence-electron chi connectivity index (χ2n) is 6.41. The number of rotatable bonds is 3. The molecule has 1 aliphatic rings. The third-order valence-corrected chi connectivity index (χ3v) is 4.59. The number of cyclic esters (lactones) is 1. The van der Waals surface area contributed by atoms with Gasteiger partial charge in [-0.2, -0.15) is 0 Å². The summed E-state index contributed by atoms with van der Waals surface area (Å²) < 4.78 is 5.39. The van der Waals surface area contributed by atoms with Crippen molar-refractivity contribution in [2.45, 2.75) is 25.8 Å². The highest BCUT2D eigenvalue weighted by molar-refractivity contribution is 5.74. The van der Waals surface area contributed by atoms with Crippen LogP contribution in [-0.2, 0) is 11.2 Å². The predicted molar refractivity (Wildman–Crippen MR) is 94.2 cm³/mol. The second kappa shape index (κ2) is 6.80. The van der Waals surface area contributed by atoms with Gasteiger partial charge in [0.2, 0.25) is 0 Å². The minimum absolute atomic E-state index is 0.217. The molecular weight excluding hydrogens is 298 g/mol. The van der Waals surface area contributed by atoms with Crippen LogP contribution >= 0.6 is 0 Å². The third-order valence-electron chi connectivity index (χ3n) is 4.59. The van der Waals surface area contributed by atoms with Gasteiger partial charge in [0.25, 0.3) is 0 Å². The largest absolute Gasteiger partial charge is 0.446 e. The molecule has 0 unspecified atom stereocenters. The number of carbonyl (C=O) groups is 1. The Balaban J connectivity index is 1.95. The van der Waals surface area contributed by atoms with Crippen molar-refractivity contribution in [1.82, 2.24) is 4.90 Å². The highest BCUT2D eigenvalue weighted by Crippen LogP contribution is 2.34. The van der Waals surface area contributed by atoms with E-state index in [0.717, 1.165) is 12.0 Å². The van der Waals surface area contributed by atoms with Crippen molar-refractivity contribution in [3.8, 4) is 12.0 Å². The van der Waals surface area contributed by atoms with Crippen LogP contribution in [0.2, 0.25) is 0 Å². The van der Waals surface area contributed by atoms with Crippen molar-refractivity contribution in [3.05, 3.63) is 71.8 Å². The Morgan fingerprint density at radius 2 is 1.71 bits per heavy atom. The van der Waals surface area contributed by atoms with Gasteiger partial charge in [-0.15, -0.1) is 0 Å². The van der Waals surface area contributed by atoms with Crippen molar-refractivity contribution in [1.29, 1.82) is 0 Å². The van der Waals surface area contributed by atoms with Crippen molar-refractivity contribution in [2.75, 3.05) is 6.61 Å². The number of hydrogen-bond acceptors (Lipinski definition) is 2. The Morgan fingerprint density at radius 1 is 1.08 bits per heavy atom. The highest BCUT2D eigenvalue weighted by atomic mass is 16.6. The highest BCUT2D eigenvalue weighted by Gasteiger charge is 2.49. The molecular formula is C21H21NO2. The molecule has 0 spiro atoms. The van der Waals surface area contributed by atoms with Crippen molar-refractivity contribution >= 4 is 6.09 Å². The van der Waals surface area contributed by atoms with Gasteiger partial charge in [-0.25, -0.2) is 9.69 Å². The van der Waals surface area contributed by atoms with E-state index in [1.165, 1.54) is 5.56 Å². The zero-order chi connectivity index (χ0) is 17.0. The zero-order valence-corrected chi connectivity index (χ0v) is 14.0. The summed E-state index contributed by atoms with van der Waals surface area (Å²) in [6.07, 6.45) is 0.365. The summed E-state index contributed by atoms with van der Waals surface area (Å²) in [4.78, 5) is 13.9. The molecule has 3 rings (SSSR count). The van der Waals surface area contributed by atoms with Gasteiger partial charge >= 0.3 is 6.09 Å². The first-order valence-electron chi connectivity index (χ1n) is 8.19. The molecule has 1 aliphatic heterocycles. The van der Waals surface area contributed by atoms with E-state index in [9.17, 15) is 4.79 Å². The Bertz CT molecular complexity index is 759. The molecule has 1 amide bonds. The minimum Gasteiger partial charge on any atom is -0.446 e. The Kier molecular flexibility index (Phi) is 4.57. The van der Waals surface area contributed by atoms with E-state index in [1.807, 2.05) is 48.5 Å². The molecule has 1 fully saturated rings. The molecule has 0 N–H and O–H groups in total. The SMILES string of the molecule is CC(C)[C@@]1(Cc2ccccc2)COC(=O)N1C#Cc1ccccc1. The van der Waals surface area contributed by atoms with E-state index >= 15 is 0 Å². The smallest absolute Gasteiger partial charge is 0.422 e. The first-order valence-corrected chi connectivity index (χ1v) is 8.19. The van der Waals surface area contributed by atoms with Crippen LogP contribution in [0.3, 0.4) is 0 Å². The maximum Gasteiger partial charge on any atom is 0.422 e. The van der Waals surface area contributed by atoms with Crippen LogP contribution in [0.4, 0.5) is 4.79 Å². The summed E-state index contributed by atoms with van der Waals surface area (Å²) in [5.74, 6) is 3.30. The van der Waals surface area contributed by atoms with Crippen molar-refractivity contribution in [2.24, 2.45) is 5.92 Å². The fourth-order valence-corrected chi connectivity index (χ4v) is 3.00. The van der Waals surface area contributed by atoms with E-state index in [0.29, 0.717) is 6.61 Å². The molecule has 122 valence electrons. The van der Waals surface area contributed by atoms with E-state index in [1.54, 1.807) is 4.90 Å². The lowest BCUT2D eigenvalue weighted by molar-refractivity contribution is 0.158. The van der Waals surface area contributed by atoms with E-state index in [4.69, 9.17) is 4.74 Å². The molecule has 24 heavy (non-hydrogen) atoms. The summed E-state index contributed by atoms with van der Waals surface area (Å²) in [6, 6.07) is 22.9. The lowest BCUT2D eigenvalue weighted by Gasteiger charge is -2.35.